The van der Waals surface area contributed by atoms with Gasteiger partial charge in [0.2, 0.25) is 70.9 Å². The van der Waals surface area contributed by atoms with Crippen LogP contribution in [0.2, 0.25) is 0 Å². The number of carboxylic acid groups (broad SMARTS) is 3. The zero-order chi connectivity index (χ0) is 80.9. The molecule has 12 amide bonds. The van der Waals surface area contributed by atoms with Crippen LogP contribution in [0.5, 0.6) is 0 Å². The van der Waals surface area contributed by atoms with E-state index in [1.807, 2.05) is 0 Å². The number of carbonyl (C=O) groups excluding carboxylic acids is 12. The Balaban J connectivity index is 1.86. The van der Waals surface area contributed by atoms with Gasteiger partial charge in [-0.1, -0.05) is 123 Å². The van der Waals surface area contributed by atoms with Gasteiger partial charge < -0.3 is 106 Å². The summed E-state index contributed by atoms with van der Waals surface area (Å²) in [7, 11) is 0. The lowest BCUT2D eigenvalue weighted by atomic mass is 9.94. The Kier molecular flexibility index (Phi) is 40.5. The van der Waals surface area contributed by atoms with Gasteiger partial charge in [-0.15, -0.1) is 0 Å². The normalized spacial score (nSPS) is 15.4. The highest BCUT2D eigenvalue weighted by molar-refractivity contribution is 6.01. The molecule has 0 saturated carbocycles. The molecule has 0 aliphatic rings. The number of aliphatic carboxylic acids is 3. The number of aromatic amines is 1. The number of aliphatic hydroxyl groups excluding tert-OH is 1. The monoisotopic (exact) mass is 1520 g/mol. The molecule has 0 spiro atoms. The standard InChI is InChI=1S/C73H114N16O19/c1-10-40(6)59(87-56(91)36-76)70(104)84-52(34-45-37-77-47-25-17-16-24-46(45)47)67(101)86-55(38-90)69(103)83-53(35-58(94)95)68(102)82-51(32-39(4)5)66(100)78-43(9)62(96)79-50(28-29-57(92)93)65(99)88-61(42(8)12-3)72(106)89-60(41(7)11-2)71(105)81-49(27-19-21-31-75)63(97)80-48(26-18-20-30-74)64(98)85-54(73(107)108)33-44-22-14-13-15-23-44/h13-17,22-25,37,39-43,48-55,59-61,77,90H,10-12,18-21,26-36,38,74-76H2,1-9H3,(H,78,100)(H,79,96)(H,80,97)(H,81,105)(H,82,102)(H,83,103)(H,84,104)(H,85,98)(H,86,101)(H,87,91)(H,88,99)(H,89,106)(H,92,93)(H,94,95)(H,107,108)/t40-,41-,42-,43-,48-,49-,50-,51-,52-,53-,54-,55-,59-,60-,61-/m0/s1. The summed E-state index contributed by atoms with van der Waals surface area (Å²) in [5, 5.41) is 71.3. The molecule has 35 heteroatoms. The van der Waals surface area contributed by atoms with Gasteiger partial charge in [0.15, 0.2) is 0 Å². The van der Waals surface area contributed by atoms with Crippen molar-refractivity contribution in [3.8, 4) is 0 Å². The van der Waals surface area contributed by atoms with Gasteiger partial charge in [0.25, 0.3) is 0 Å². The summed E-state index contributed by atoms with van der Waals surface area (Å²) in [6.07, 6.45) is 1.42. The molecule has 3 rings (SSSR count). The van der Waals surface area contributed by atoms with Gasteiger partial charge in [0.05, 0.1) is 19.6 Å². The Morgan fingerprint density at radius 2 is 0.833 bits per heavy atom. The molecule has 15 atom stereocenters. The molecule has 23 N–H and O–H groups in total. The zero-order valence-electron chi connectivity index (χ0n) is 63.1. The van der Waals surface area contributed by atoms with Crippen LogP contribution in [-0.4, -0.2) is 213 Å². The molecule has 0 aliphatic heterocycles. The Labute approximate surface area is 628 Å². The van der Waals surface area contributed by atoms with Crippen LogP contribution in [0.4, 0.5) is 0 Å². The largest absolute Gasteiger partial charge is 0.481 e. The Bertz CT molecular complexity index is 3500. The molecule has 0 fully saturated rings. The topological polar surface area (TPSA) is 575 Å². The van der Waals surface area contributed by atoms with Crippen LogP contribution in [0.15, 0.2) is 60.8 Å². The quantitative estimate of drug-likeness (QED) is 0.0289. The predicted molar refractivity (Wildman–Crippen MR) is 398 cm³/mol. The fourth-order valence-corrected chi connectivity index (χ4v) is 11.5. The first-order valence-electron chi connectivity index (χ1n) is 36.8. The summed E-state index contributed by atoms with van der Waals surface area (Å²) < 4.78 is 0. The third kappa shape index (κ3) is 31.0. The highest BCUT2D eigenvalue weighted by Crippen LogP contribution is 2.21. The maximum Gasteiger partial charge on any atom is 0.326 e. The van der Waals surface area contributed by atoms with E-state index in [0.717, 1.165) is 0 Å². The second-order valence-electron chi connectivity index (χ2n) is 27.6. The van der Waals surface area contributed by atoms with Crippen molar-refractivity contribution in [3.05, 3.63) is 71.9 Å². The number of rotatable bonds is 51. The number of carboxylic acids is 3. The summed E-state index contributed by atoms with van der Waals surface area (Å²) >= 11 is 0. The van der Waals surface area contributed by atoms with E-state index < -0.39 is 217 Å². The number of hydrogen-bond acceptors (Lipinski definition) is 19. The van der Waals surface area contributed by atoms with E-state index in [1.165, 1.54) is 6.92 Å². The molecule has 1 heterocycles. The van der Waals surface area contributed by atoms with Crippen molar-refractivity contribution in [2.75, 3.05) is 26.2 Å². The lowest BCUT2D eigenvalue weighted by molar-refractivity contribution is -0.142. The fourth-order valence-electron chi connectivity index (χ4n) is 11.5. The molecule has 35 nitrogen and oxygen atoms in total. The molecule has 0 aliphatic carbocycles. The minimum absolute atomic E-state index is 0.0178. The van der Waals surface area contributed by atoms with Crippen LogP contribution in [0, 0.1) is 23.7 Å². The minimum atomic E-state index is -1.99. The Morgan fingerprint density at radius 3 is 1.34 bits per heavy atom. The molecule has 0 bridgehead atoms. The summed E-state index contributed by atoms with van der Waals surface area (Å²) in [4.78, 5) is 208. The van der Waals surface area contributed by atoms with E-state index >= 15 is 0 Å². The molecule has 0 radical (unpaired) electrons. The van der Waals surface area contributed by atoms with E-state index in [4.69, 9.17) is 17.2 Å². The van der Waals surface area contributed by atoms with Crippen molar-refractivity contribution in [1.82, 2.24) is 68.8 Å². The number of aromatic nitrogens is 1. The highest BCUT2D eigenvalue weighted by atomic mass is 16.4. The molecule has 2 aromatic carbocycles. The average molecular weight is 1520 g/mol. The van der Waals surface area contributed by atoms with Gasteiger partial charge in [-0.05, 0) is 112 Å². The van der Waals surface area contributed by atoms with Gasteiger partial charge in [-0.25, -0.2) is 4.79 Å². The van der Waals surface area contributed by atoms with E-state index in [1.54, 1.807) is 116 Å². The molecule has 600 valence electrons. The van der Waals surface area contributed by atoms with Crippen molar-refractivity contribution >= 4 is 99.7 Å². The predicted octanol–water partition coefficient (Wildman–Crippen LogP) is -1.39. The van der Waals surface area contributed by atoms with Crippen molar-refractivity contribution < 1.29 is 92.3 Å². The van der Waals surface area contributed by atoms with Crippen molar-refractivity contribution in [2.45, 2.75) is 231 Å². The third-order valence-electron chi connectivity index (χ3n) is 18.6. The highest BCUT2D eigenvalue weighted by Gasteiger charge is 2.39. The lowest BCUT2D eigenvalue weighted by Gasteiger charge is -2.31. The van der Waals surface area contributed by atoms with Crippen LogP contribution < -0.4 is 81.0 Å². The number of para-hydroxylation sites is 1. The van der Waals surface area contributed by atoms with Crippen LogP contribution in [-0.2, 0) is 84.8 Å². The maximum absolute atomic E-state index is 14.6. The van der Waals surface area contributed by atoms with Gasteiger partial charge in [0, 0.05) is 36.4 Å². The van der Waals surface area contributed by atoms with Crippen molar-refractivity contribution in [1.29, 1.82) is 0 Å². The number of unbranched alkanes of at least 4 members (excludes halogenated alkanes) is 2. The Morgan fingerprint density at radius 1 is 0.417 bits per heavy atom. The first-order chi connectivity index (χ1) is 51.2. The number of nitrogens with one attached hydrogen (secondary N) is 13. The van der Waals surface area contributed by atoms with Crippen LogP contribution in [0.3, 0.4) is 0 Å². The summed E-state index contributed by atoms with van der Waals surface area (Å²) in [6, 6.07) is -2.50. The van der Waals surface area contributed by atoms with Gasteiger partial charge >= 0.3 is 17.9 Å². The van der Waals surface area contributed by atoms with Gasteiger partial charge in [0.1, 0.15) is 72.5 Å². The number of carbonyl (C=O) groups is 15. The molecule has 108 heavy (non-hydrogen) atoms. The number of aliphatic hydroxyl groups is 1. The van der Waals surface area contributed by atoms with E-state index in [0.29, 0.717) is 60.6 Å². The van der Waals surface area contributed by atoms with Crippen LogP contribution in [0.25, 0.3) is 10.9 Å². The van der Waals surface area contributed by atoms with Crippen molar-refractivity contribution in [3.63, 3.8) is 0 Å². The number of H-pyrrole nitrogens is 1. The first kappa shape index (κ1) is 92.1. The van der Waals surface area contributed by atoms with E-state index in [9.17, 15) is 92.3 Å². The molecular formula is C73H114N16O19. The minimum Gasteiger partial charge on any atom is -0.481 e. The summed E-state index contributed by atoms with van der Waals surface area (Å²) in [6.45, 7) is 13.6. The van der Waals surface area contributed by atoms with E-state index in [-0.39, 0.29) is 51.6 Å². The summed E-state index contributed by atoms with van der Waals surface area (Å²) in [5.74, 6) is -17.9. The average Bonchev–Trinajstić information content (AvgIpc) is 1.62. The SMILES string of the molecule is CC[C@H](C)[C@H](NC(=O)CN)C(=O)N[C@@H](Cc1c[nH]c2ccccc12)C(=O)N[C@@H](CO)C(=O)N[C@@H](CC(=O)O)C(=O)N[C@@H](CC(C)C)C(=O)N[C@@H](C)C(=O)N[C@@H](CCC(=O)O)C(=O)N[C@H](C(=O)N[C@H](C(=O)N[C@@H](CCCCN)C(=O)N[C@@H](CCCCN)C(=O)N[C@@H](Cc1ccccc1)C(=O)O)[C@@H](C)CC)[C@@H](C)CC. The Hall–Kier alpha value is -10.1. The number of fused-ring (bicyclic) bond motifs is 1. The zero-order valence-corrected chi connectivity index (χ0v) is 63.1. The molecule has 1 aromatic heterocycles. The summed E-state index contributed by atoms with van der Waals surface area (Å²) in [5.41, 5.74) is 18.9. The fraction of sp³-hybridized carbons (Fsp3) is 0.603. The molecule has 0 saturated heterocycles. The lowest BCUT2D eigenvalue weighted by Crippen LogP contribution is -2.62. The smallest absolute Gasteiger partial charge is 0.326 e. The van der Waals surface area contributed by atoms with Crippen molar-refractivity contribution in [2.24, 2.45) is 40.9 Å². The number of benzene rings is 2. The van der Waals surface area contributed by atoms with Gasteiger partial charge in [-0.3, -0.25) is 67.1 Å². The number of hydrogen-bond donors (Lipinski definition) is 20. The second kappa shape index (κ2) is 47.5. The first-order valence-corrected chi connectivity index (χ1v) is 36.8. The van der Waals surface area contributed by atoms with Crippen LogP contribution >= 0.6 is 0 Å². The third-order valence-corrected chi connectivity index (χ3v) is 18.6. The second-order valence-corrected chi connectivity index (χ2v) is 27.6. The van der Waals surface area contributed by atoms with Gasteiger partial charge in [-0.2, -0.15) is 0 Å². The van der Waals surface area contributed by atoms with Crippen LogP contribution in [0.1, 0.15) is 157 Å². The molecular weight excluding hydrogens is 1400 g/mol. The van der Waals surface area contributed by atoms with E-state index in [2.05, 4.69) is 68.8 Å². The maximum atomic E-state index is 14.6. The molecule has 0 unspecified atom stereocenters. The number of amides is 12. The number of nitrogens with two attached hydrogens (primary N) is 3. The molecule has 3 aromatic rings.